The van der Waals surface area contributed by atoms with Crippen molar-refractivity contribution in [3.63, 3.8) is 0 Å². The van der Waals surface area contributed by atoms with Gasteiger partial charge in [0.05, 0.1) is 11.1 Å². The number of carbonyl (C=O) groups excluding carboxylic acids is 4. The number of hydrogen-bond donors (Lipinski definition) is 1. The first kappa shape index (κ1) is 20.6. The first-order valence-electron chi connectivity index (χ1n) is 10.5. The molecule has 1 aromatic rings. The molecule has 4 rings (SSSR count). The Hall–Kier alpha value is -2.64. The number of nitrogens with zero attached hydrogens (tertiary/aromatic N) is 1. The van der Waals surface area contributed by atoms with Gasteiger partial charge >= 0.3 is 0 Å². The third-order valence-electron chi connectivity index (χ3n) is 6.65. The number of carbonyl (C=O) groups is 4. The third-order valence-corrected chi connectivity index (χ3v) is 6.65. The van der Waals surface area contributed by atoms with Crippen LogP contribution in [-0.4, -0.2) is 34.6 Å². The van der Waals surface area contributed by atoms with Crippen molar-refractivity contribution in [2.75, 3.05) is 0 Å². The lowest BCUT2D eigenvalue weighted by molar-refractivity contribution is -0.136. The predicted octanol–water partition coefficient (Wildman–Crippen LogP) is 3.12. The molecule has 1 aromatic carbocycles. The summed E-state index contributed by atoms with van der Waals surface area (Å²) < 4.78 is 29.9. The van der Waals surface area contributed by atoms with Crippen molar-refractivity contribution in [2.24, 2.45) is 11.8 Å². The van der Waals surface area contributed by atoms with Crippen LogP contribution >= 0.6 is 0 Å². The summed E-state index contributed by atoms with van der Waals surface area (Å²) in [5.74, 6) is -3.92. The SMILES string of the molecule is CC1CCC(CCc2c(F)cc3c(c2F)C(=O)N(C2CCC(=O)NC2=O)C3=O)CC1. The Kier molecular flexibility index (Phi) is 5.42. The van der Waals surface area contributed by atoms with Gasteiger partial charge in [-0.2, -0.15) is 0 Å². The maximum absolute atomic E-state index is 15.2. The second-order valence-electron chi connectivity index (χ2n) is 8.69. The molecule has 2 heterocycles. The number of imide groups is 2. The minimum Gasteiger partial charge on any atom is -0.295 e. The van der Waals surface area contributed by atoms with Crippen molar-refractivity contribution >= 4 is 23.6 Å². The Balaban J connectivity index is 1.57. The smallest absolute Gasteiger partial charge is 0.265 e. The Morgan fingerprint density at radius 1 is 1.03 bits per heavy atom. The molecule has 1 N–H and O–H groups in total. The van der Waals surface area contributed by atoms with Crippen LogP contribution in [0.1, 0.15) is 78.1 Å². The van der Waals surface area contributed by atoms with Crippen LogP contribution in [0, 0.1) is 23.5 Å². The fourth-order valence-corrected chi connectivity index (χ4v) is 4.79. The zero-order valence-corrected chi connectivity index (χ0v) is 16.8. The van der Waals surface area contributed by atoms with Crippen LogP contribution in [0.5, 0.6) is 0 Å². The first-order chi connectivity index (χ1) is 14.3. The highest BCUT2D eigenvalue weighted by molar-refractivity contribution is 6.23. The lowest BCUT2D eigenvalue weighted by Gasteiger charge is -2.27. The van der Waals surface area contributed by atoms with Gasteiger partial charge in [0, 0.05) is 12.0 Å². The van der Waals surface area contributed by atoms with E-state index in [1.165, 1.54) is 0 Å². The summed E-state index contributed by atoms with van der Waals surface area (Å²) in [4.78, 5) is 49.6. The van der Waals surface area contributed by atoms with Gasteiger partial charge in [-0.25, -0.2) is 8.78 Å². The van der Waals surface area contributed by atoms with Crippen molar-refractivity contribution in [3.8, 4) is 0 Å². The van der Waals surface area contributed by atoms with Gasteiger partial charge in [-0.15, -0.1) is 0 Å². The molecule has 1 aliphatic carbocycles. The van der Waals surface area contributed by atoms with E-state index >= 15 is 4.39 Å². The van der Waals surface area contributed by atoms with Gasteiger partial charge in [0.2, 0.25) is 11.8 Å². The Morgan fingerprint density at radius 3 is 2.40 bits per heavy atom. The molecular weight excluding hydrogens is 394 g/mol. The average Bonchev–Trinajstić information content (AvgIpc) is 2.93. The van der Waals surface area contributed by atoms with E-state index in [0.717, 1.165) is 31.7 Å². The van der Waals surface area contributed by atoms with Crippen molar-refractivity contribution in [1.29, 1.82) is 0 Å². The molecule has 0 spiro atoms. The van der Waals surface area contributed by atoms with E-state index < -0.39 is 46.9 Å². The highest BCUT2D eigenvalue weighted by Crippen LogP contribution is 2.35. The standard InChI is InChI=1S/C22H24F2N2O4/c1-11-2-4-12(5-3-11)6-7-13-15(23)10-14-18(19(13)24)22(30)26(21(14)29)16-8-9-17(27)25-20(16)28/h10-12,16H,2-9H2,1H3,(H,25,27,28). The fraction of sp³-hybridized carbons (Fsp3) is 0.545. The van der Waals surface area contributed by atoms with Crippen LogP contribution in [0.15, 0.2) is 6.07 Å². The Labute approximate surface area is 173 Å². The van der Waals surface area contributed by atoms with Gasteiger partial charge < -0.3 is 0 Å². The number of halogens is 2. The van der Waals surface area contributed by atoms with Crippen LogP contribution in [-0.2, 0) is 16.0 Å². The van der Waals surface area contributed by atoms with Crippen molar-refractivity contribution < 1.29 is 28.0 Å². The highest BCUT2D eigenvalue weighted by atomic mass is 19.1. The summed E-state index contributed by atoms with van der Waals surface area (Å²) in [5.41, 5.74) is -1.02. The average molecular weight is 418 g/mol. The Morgan fingerprint density at radius 2 is 1.73 bits per heavy atom. The van der Waals surface area contributed by atoms with Crippen LogP contribution in [0.2, 0.25) is 0 Å². The van der Waals surface area contributed by atoms with Crippen LogP contribution in [0.4, 0.5) is 8.78 Å². The van der Waals surface area contributed by atoms with Crippen molar-refractivity contribution in [3.05, 3.63) is 34.4 Å². The molecule has 1 saturated heterocycles. The summed E-state index contributed by atoms with van der Waals surface area (Å²) in [6, 6.07) is -0.298. The van der Waals surface area contributed by atoms with Gasteiger partial charge in [-0.1, -0.05) is 32.6 Å². The second-order valence-corrected chi connectivity index (χ2v) is 8.69. The molecule has 4 amide bonds. The third kappa shape index (κ3) is 3.52. The quantitative estimate of drug-likeness (QED) is 0.762. The summed E-state index contributed by atoms with van der Waals surface area (Å²) in [7, 11) is 0. The zero-order valence-electron chi connectivity index (χ0n) is 16.8. The molecule has 2 aliphatic heterocycles. The van der Waals surface area contributed by atoms with Gasteiger partial charge in [0.15, 0.2) is 0 Å². The van der Waals surface area contributed by atoms with Gasteiger partial charge in [-0.3, -0.25) is 29.4 Å². The molecule has 0 aromatic heterocycles. The minimum absolute atomic E-state index is 0.0345. The number of nitrogens with one attached hydrogen (secondary N) is 1. The molecule has 0 radical (unpaired) electrons. The molecule has 1 saturated carbocycles. The van der Waals surface area contributed by atoms with Crippen molar-refractivity contribution in [1.82, 2.24) is 10.2 Å². The second kappa shape index (κ2) is 7.89. The lowest BCUT2D eigenvalue weighted by Crippen LogP contribution is -2.54. The molecule has 160 valence electrons. The van der Waals surface area contributed by atoms with E-state index in [1.54, 1.807) is 0 Å². The zero-order chi connectivity index (χ0) is 21.6. The maximum Gasteiger partial charge on any atom is 0.265 e. The maximum atomic E-state index is 15.2. The molecule has 8 heteroatoms. The fourth-order valence-electron chi connectivity index (χ4n) is 4.79. The monoisotopic (exact) mass is 418 g/mol. The molecule has 1 atom stereocenters. The van der Waals surface area contributed by atoms with E-state index in [9.17, 15) is 23.6 Å². The van der Waals surface area contributed by atoms with Crippen LogP contribution in [0.25, 0.3) is 0 Å². The number of fused-ring (bicyclic) bond motifs is 1. The summed E-state index contributed by atoms with van der Waals surface area (Å²) in [5, 5.41) is 2.08. The van der Waals surface area contributed by atoms with Crippen molar-refractivity contribution in [2.45, 2.75) is 64.3 Å². The summed E-state index contributed by atoms with van der Waals surface area (Å²) >= 11 is 0. The number of rotatable bonds is 4. The summed E-state index contributed by atoms with van der Waals surface area (Å²) in [6.07, 6.45) is 4.97. The van der Waals surface area contributed by atoms with Gasteiger partial charge in [0.25, 0.3) is 11.8 Å². The van der Waals surface area contributed by atoms with E-state index in [-0.39, 0.29) is 30.4 Å². The van der Waals surface area contributed by atoms with Crippen LogP contribution < -0.4 is 5.32 Å². The van der Waals surface area contributed by atoms with Crippen LogP contribution in [0.3, 0.4) is 0 Å². The number of hydrogen-bond acceptors (Lipinski definition) is 4. The van der Waals surface area contributed by atoms with E-state index in [4.69, 9.17) is 0 Å². The molecule has 1 unspecified atom stereocenters. The normalized spacial score (nSPS) is 26.8. The van der Waals surface area contributed by atoms with E-state index in [0.29, 0.717) is 23.2 Å². The predicted molar refractivity (Wildman–Crippen MR) is 102 cm³/mol. The topological polar surface area (TPSA) is 83.6 Å². The lowest BCUT2D eigenvalue weighted by atomic mass is 9.80. The largest absolute Gasteiger partial charge is 0.295 e. The van der Waals surface area contributed by atoms with Gasteiger partial charge in [-0.05, 0) is 37.2 Å². The molecule has 3 aliphatic rings. The molecule has 6 nitrogen and oxygen atoms in total. The molecular formula is C22H24F2N2O4. The molecule has 0 bridgehead atoms. The molecule has 30 heavy (non-hydrogen) atoms. The minimum atomic E-state index is -1.20. The number of benzene rings is 1. The van der Waals surface area contributed by atoms with Gasteiger partial charge in [0.1, 0.15) is 17.7 Å². The highest BCUT2D eigenvalue weighted by Gasteiger charge is 2.47. The first-order valence-corrected chi connectivity index (χ1v) is 10.5. The van der Waals surface area contributed by atoms with E-state index in [2.05, 4.69) is 12.2 Å². The van der Waals surface area contributed by atoms with E-state index in [1.807, 2.05) is 0 Å². The Bertz CT molecular complexity index is 938. The number of piperidine rings is 1. The molecule has 2 fully saturated rings. The summed E-state index contributed by atoms with van der Waals surface area (Å²) in [6.45, 7) is 2.20. The number of amides is 4.